The highest BCUT2D eigenvalue weighted by atomic mass is 16.3. The third-order valence-electron chi connectivity index (χ3n) is 1.83. The molecule has 0 aromatic carbocycles. The number of unbranched alkanes of at least 4 members (excludes halogenated alkanes) is 4. The van der Waals surface area contributed by atoms with Crippen molar-refractivity contribution in [2.24, 2.45) is 5.73 Å². The fourth-order valence-electron chi connectivity index (χ4n) is 1.11. The second-order valence-corrected chi connectivity index (χ2v) is 3.19. The number of aliphatic hydroxyl groups is 1. The third kappa shape index (κ3) is 9.92. The van der Waals surface area contributed by atoms with Crippen molar-refractivity contribution >= 4 is 0 Å². The van der Waals surface area contributed by atoms with E-state index in [2.05, 4.69) is 0 Å². The number of hydrogen-bond donors (Lipinski definition) is 2. The van der Waals surface area contributed by atoms with Crippen molar-refractivity contribution in [2.75, 3.05) is 6.54 Å². The molecule has 0 radical (unpaired) electrons. The Balaban J connectivity index is 2.80. The maximum atomic E-state index is 8.94. The van der Waals surface area contributed by atoms with Gasteiger partial charge in [0.1, 0.15) is 0 Å². The fourth-order valence-corrected chi connectivity index (χ4v) is 1.11. The van der Waals surface area contributed by atoms with Gasteiger partial charge < -0.3 is 10.8 Å². The van der Waals surface area contributed by atoms with Gasteiger partial charge in [0.15, 0.2) is 0 Å². The summed E-state index contributed by atoms with van der Waals surface area (Å²) in [7, 11) is 0. The van der Waals surface area contributed by atoms with E-state index in [9.17, 15) is 0 Å². The van der Waals surface area contributed by atoms with Gasteiger partial charge in [-0.3, -0.25) is 0 Å². The predicted octanol–water partition coefficient (Wildman–Crippen LogP) is 1.67. The van der Waals surface area contributed by atoms with Crippen LogP contribution in [0.4, 0.5) is 0 Å². The quantitative estimate of drug-likeness (QED) is 0.555. The summed E-state index contributed by atoms with van der Waals surface area (Å²) in [6.45, 7) is 2.66. The van der Waals surface area contributed by atoms with Crippen LogP contribution < -0.4 is 5.73 Å². The molecule has 3 N–H and O–H groups in total. The molecule has 0 spiro atoms. The maximum absolute atomic E-state index is 8.94. The molecule has 0 saturated carbocycles. The van der Waals surface area contributed by atoms with Gasteiger partial charge >= 0.3 is 0 Å². The van der Waals surface area contributed by atoms with Gasteiger partial charge in [0, 0.05) is 0 Å². The van der Waals surface area contributed by atoms with Crippen LogP contribution in [-0.2, 0) is 0 Å². The van der Waals surface area contributed by atoms with E-state index in [1.807, 2.05) is 6.92 Å². The Bertz CT molecular complexity index is 74.0. The summed E-state index contributed by atoms with van der Waals surface area (Å²) in [4.78, 5) is 0. The van der Waals surface area contributed by atoms with Crippen molar-refractivity contribution in [3.63, 3.8) is 0 Å². The molecule has 0 aliphatic rings. The Morgan fingerprint density at radius 1 is 1.09 bits per heavy atom. The number of nitrogens with two attached hydrogens (primary N) is 1. The van der Waals surface area contributed by atoms with E-state index in [-0.39, 0.29) is 6.10 Å². The van der Waals surface area contributed by atoms with Crippen LogP contribution in [0.25, 0.3) is 0 Å². The van der Waals surface area contributed by atoms with Crippen molar-refractivity contribution < 1.29 is 5.11 Å². The average Bonchev–Trinajstić information content (AvgIpc) is 1.96. The molecule has 2 heteroatoms. The lowest BCUT2D eigenvalue weighted by atomic mass is 10.1. The molecule has 0 aromatic rings. The zero-order valence-electron chi connectivity index (χ0n) is 7.55. The van der Waals surface area contributed by atoms with Crippen LogP contribution >= 0.6 is 0 Å². The van der Waals surface area contributed by atoms with Gasteiger partial charge in [-0.1, -0.05) is 25.7 Å². The number of rotatable bonds is 7. The molecule has 0 bridgehead atoms. The molecule has 0 fully saturated rings. The van der Waals surface area contributed by atoms with Crippen LogP contribution in [-0.4, -0.2) is 17.8 Å². The maximum Gasteiger partial charge on any atom is 0.0512 e. The first-order valence-electron chi connectivity index (χ1n) is 4.65. The highest BCUT2D eigenvalue weighted by molar-refractivity contribution is 4.49. The van der Waals surface area contributed by atoms with E-state index < -0.39 is 0 Å². The number of aliphatic hydroxyl groups excluding tert-OH is 1. The zero-order chi connectivity index (χ0) is 8.53. The van der Waals surface area contributed by atoms with Crippen LogP contribution in [0.3, 0.4) is 0 Å². The summed E-state index contributed by atoms with van der Waals surface area (Å²) in [5.74, 6) is 0. The standard InChI is InChI=1S/C9H21NO/c1-9(11)7-5-3-2-4-6-8-10/h9,11H,2-8,10H2,1H3. The van der Waals surface area contributed by atoms with Crippen LogP contribution in [0.1, 0.15) is 45.4 Å². The van der Waals surface area contributed by atoms with E-state index in [4.69, 9.17) is 10.8 Å². The van der Waals surface area contributed by atoms with Gasteiger partial charge in [-0.2, -0.15) is 0 Å². The normalized spacial score (nSPS) is 13.4. The van der Waals surface area contributed by atoms with Gasteiger partial charge in [-0.15, -0.1) is 0 Å². The third-order valence-corrected chi connectivity index (χ3v) is 1.83. The van der Waals surface area contributed by atoms with Crippen LogP contribution in [0.5, 0.6) is 0 Å². The highest BCUT2D eigenvalue weighted by Gasteiger charge is 1.94. The van der Waals surface area contributed by atoms with E-state index in [1.54, 1.807) is 0 Å². The van der Waals surface area contributed by atoms with Gasteiger partial charge in [-0.25, -0.2) is 0 Å². The fraction of sp³-hybridized carbons (Fsp3) is 1.00. The van der Waals surface area contributed by atoms with Crippen molar-refractivity contribution in [3.8, 4) is 0 Å². The topological polar surface area (TPSA) is 46.2 Å². The molecule has 11 heavy (non-hydrogen) atoms. The Hall–Kier alpha value is -0.0800. The Morgan fingerprint density at radius 2 is 1.64 bits per heavy atom. The first-order chi connectivity index (χ1) is 5.27. The SMILES string of the molecule is CC(O)CCCCCCCN. The molecule has 0 heterocycles. The largest absolute Gasteiger partial charge is 0.393 e. The van der Waals surface area contributed by atoms with E-state index in [0.29, 0.717) is 0 Å². The van der Waals surface area contributed by atoms with Gasteiger partial charge in [0.2, 0.25) is 0 Å². The van der Waals surface area contributed by atoms with Crippen molar-refractivity contribution in [1.82, 2.24) is 0 Å². The molecule has 0 aliphatic heterocycles. The molecule has 0 amide bonds. The molecule has 1 atom stereocenters. The first-order valence-corrected chi connectivity index (χ1v) is 4.65. The van der Waals surface area contributed by atoms with Gasteiger partial charge in [0.25, 0.3) is 0 Å². The minimum Gasteiger partial charge on any atom is -0.393 e. The Kier molecular flexibility index (Phi) is 7.96. The Labute approximate surface area is 69.8 Å². The molecule has 0 aromatic heterocycles. The van der Waals surface area contributed by atoms with E-state index in [1.165, 1.54) is 19.3 Å². The highest BCUT2D eigenvalue weighted by Crippen LogP contribution is 2.06. The molecule has 68 valence electrons. The predicted molar refractivity (Wildman–Crippen MR) is 48.4 cm³/mol. The summed E-state index contributed by atoms with van der Waals surface area (Å²) >= 11 is 0. The molecular weight excluding hydrogens is 138 g/mol. The van der Waals surface area contributed by atoms with Crippen molar-refractivity contribution in [3.05, 3.63) is 0 Å². The van der Waals surface area contributed by atoms with Gasteiger partial charge in [-0.05, 0) is 26.3 Å². The minimum absolute atomic E-state index is 0.121. The average molecular weight is 159 g/mol. The van der Waals surface area contributed by atoms with Crippen LogP contribution in [0.2, 0.25) is 0 Å². The molecule has 2 nitrogen and oxygen atoms in total. The van der Waals surface area contributed by atoms with Crippen molar-refractivity contribution in [1.29, 1.82) is 0 Å². The second-order valence-electron chi connectivity index (χ2n) is 3.19. The molecule has 0 rings (SSSR count). The summed E-state index contributed by atoms with van der Waals surface area (Å²) < 4.78 is 0. The smallest absolute Gasteiger partial charge is 0.0512 e. The lowest BCUT2D eigenvalue weighted by Gasteiger charge is -2.02. The van der Waals surface area contributed by atoms with Crippen molar-refractivity contribution in [2.45, 2.75) is 51.6 Å². The molecular formula is C9H21NO. The summed E-state index contributed by atoms with van der Waals surface area (Å²) in [5, 5.41) is 8.94. The number of hydrogen-bond acceptors (Lipinski definition) is 2. The second kappa shape index (κ2) is 8.02. The first kappa shape index (κ1) is 10.9. The minimum atomic E-state index is -0.121. The lowest BCUT2D eigenvalue weighted by molar-refractivity contribution is 0.180. The molecule has 1 unspecified atom stereocenters. The van der Waals surface area contributed by atoms with E-state index in [0.717, 1.165) is 25.8 Å². The van der Waals surface area contributed by atoms with Gasteiger partial charge in [0.05, 0.1) is 6.10 Å². The summed E-state index contributed by atoms with van der Waals surface area (Å²) in [6.07, 6.45) is 6.88. The van der Waals surface area contributed by atoms with Crippen LogP contribution in [0, 0.1) is 0 Å². The lowest BCUT2D eigenvalue weighted by Crippen LogP contribution is -1.99. The monoisotopic (exact) mass is 159 g/mol. The summed E-state index contributed by atoms with van der Waals surface area (Å²) in [5.41, 5.74) is 5.35. The van der Waals surface area contributed by atoms with Crippen LogP contribution in [0.15, 0.2) is 0 Å². The van der Waals surface area contributed by atoms with E-state index >= 15 is 0 Å². The molecule has 0 saturated heterocycles. The zero-order valence-corrected chi connectivity index (χ0v) is 7.55. The summed E-state index contributed by atoms with van der Waals surface area (Å²) in [6, 6.07) is 0. The molecule has 0 aliphatic carbocycles. The Morgan fingerprint density at radius 3 is 2.18 bits per heavy atom.